The van der Waals surface area contributed by atoms with Crippen molar-refractivity contribution in [2.45, 2.75) is 6.18 Å². The lowest BCUT2D eigenvalue weighted by molar-refractivity contribution is -0.105. The van der Waals surface area contributed by atoms with E-state index in [-0.39, 0.29) is 22.9 Å². The Hall–Kier alpha value is -2.08. The number of hydrogen-bond donors (Lipinski definition) is 2. The smallest absolute Gasteiger partial charge is 0.402 e. The first-order valence-corrected chi connectivity index (χ1v) is 9.35. The Morgan fingerprint density at radius 1 is 1.30 bits per heavy atom. The average molecular weight is 472 g/mol. The van der Waals surface area contributed by atoms with Crippen molar-refractivity contribution >= 4 is 44.1 Å². The zero-order valence-electron chi connectivity index (χ0n) is 14.0. The van der Waals surface area contributed by atoms with Gasteiger partial charge in [-0.05, 0) is 18.2 Å². The number of anilines is 3. The lowest BCUT2D eigenvalue weighted by Gasteiger charge is -2.20. The molecule has 1 atom stereocenters. The number of halogens is 5. The number of rotatable bonds is 6. The van der Waals surface area contributed by atoms with Crippen molar-refractivity contribution in [1.29, 1.82) is 0 Å². The van der Waals surface area contributed by atoms with Crippen molar-refractivity contribution in [3.63, 3.8) is 0 Å². The molecule has 0 radical (unpaired) electrons. The molecule has 0 aliphatic heterocycles. The Labute approximate surface area is 162 Å². The molecule has 0 fully saturated rings. The van der Waals surface area contributed by atoms with E-state index in [0.29, 0.717) is 4.47 Å². The molecule has 12 heteroatoms. The van der Waals surface area contributed by atoms with E-state index in [1.54, 1.807) is 0 Å². The Kier molecular flexibility index (Phi) is 6.52. The molecule has 0 aliphatic rings. The van der Waals surface area contributed by atoms with Gasteiger partial charge >= 0.3 is 6.18 Å². The SMILES string of the molecule is COc1cc(=O)n(C)c(Nc2ccc(Br)cc2F)c1NS(=O)CC(F)(F)F. The van der Waals surface area contributed by atoms with E-state index in [2.05, 4.69) is 26.0 Å². The van der Waals surface area contributed by atoms with Gasteiger partial charge in [0.25, 0.3) is 5.56 Å². The number of hydrogen-bond acceptors (Lipinski definition) is 4. The number of ether oxygens (including phenoxy) is 1. The van der Waals surface area contributed by atoms with Gasteiger partial charge in [-0.1, -0.05) is 15.9 Å². The number of methoxy groups -OCH3 is 1. The Bertz CT molecular complexity index is 934. The zero-order chi connectivity index (χ0) is 20.4. The second-order valence-corrected chi connectivity index (χ2v) is 7.39. The fourth-order valence-electron chi connectivity index (χ4n) is 2.10. The molecule has 1 unspecified atom stereocenters. The monoisotopic (exact) mass is 471 g/mol. The molecule has 6 nitrogen and oxygen atoms in total. The third-order valence-corrected chi connectivity index (χ3v) is 4.83. The minimum Gasteiger partial charge on any atom is -0.494 e. The lowest BCUT2D eigenvalue weighted by Crippen LogP contribution is -2.26. The van der Waals surface area contributed by atoms with Gasteiger partial charge in [0.15, 0.2) is 5.75 Å². The number of benzene rings is 1. The van der Waals surface area contributed by atoms with Gasteiger partial charge in [-0.2, -0.15) is 13.2 Å². The summed E-state index contributed by atoms with van der Waals surface area (Å²) in [6.07, 6.45) is -4.67. The second kappa shape index (κ2) is 8.30. The van der Waals surface area contributed by atoms with Crippen LogP contribution in [0.15, 0.2) is 33.5 Å². The maximum atomic E-state index is 14.1. The van der Waals surface area contributed by atoms with Gasteiger partial charge in [-0.15, -0.1) is 0 Å². The summed E-state index contributed by atoms with van der Waals surface area (Å²) in [6.45, 7) is 0. The van der Waals surface area contributed by atoms with Gasteiger partial charge in [0, 0.05) is 17.6 Å². The standard InChI is InChI=1S/C15H14BrF4N3O3S/c1-23-12(24)6-11(26-2)13(22-27(25)7-15(18,19)20)14(23)21-10-4-3-8(16)5-9(10)17/h3-6,21-22H,7H2,1-2H3. The third kappa shape index (κ3) is 5.45. The van der Waals surface area contributed by atoms with Gasteiger partial charge in [0.2, 0.25) is 0 Å². The van der Waals surface area contributed by atoms with Crippen molar-refractivity contribution in [3.05, 3.63) is 44.9 Å². The molecule has 1 aromatic carbocycles. The molecule has 1 heterocycles. The molecule has 0 spiro atoms. The fourth-order valence-corrected chi connectivity index (χ4v) is 3.23. The van der Waals surface area contributed by atoms with E-state index in [1.165, 1.54) is 26.3 Å². The Balaban J connectivity index is 2.52. The van der Waals surface area contributed by atoms with Crippen LogP contribution in [0.2, 0.25) is 0 Å². The van der Waals surface area contributed by atoms with E-state index < -0.39 is 34.3 Å². The molecule has 2 N–H and O–H groups in total. The molecule has 0 amide bonds. The molecule has 0 saturated carbocycles. The highest BCUT2D eigenvalue weighted by molar-refractivity contribution is 9.10. The molecular formula is C15H14BrF4N3O3S. The van der Waals surface area contributed by atoms with Gasteiger partial charge < -0.3 is 10.1 Å². The third-order valence-electron chi connectivity index (χ3n) is 3.32. The second-order valence-electron chi connectivity index (χ2n) is 5.29. The topological polar surface area (TPSA) is 72.4 Å². The zero-order valence-corrected chi connectivity index (χ0v) is 16.4. The predicted octanol–water partition coefficient (Wildman–Crippen LogP) is 3.68. The summed E-state index contributed by atoms with van der Waals surface area (Å²) in [5, 5.41) is 2.63. The Morgan fingerprint density at radius 3 is 2.52 bits per heavy atom. The van der Waals surface area contributed by atoms with Gasteiger partial charge in [0.1, 0.15) is 34.1 Å². The fraction of sp³-hybridized carbons (Fsp3) is 0.267. The van der Waals surface area contributed by atoms with Crippen LogP contribution in [0.4, 0.5) is 34.8 Å². The van der Waals surface area contributed by atoms with Crippen molar-refractivity contribution in [2.24, 2.45) is 7.05 Å². The van der Waals surface area contributed by atoms with Crippen LogP contribution in [-0.4, -0.2) is 27.8 Å². The van der Waals surface area contributed by atoms with E-state index >= 15 is 0 Å². The molecule has 0 bridgehead atoms. The first-order chi connectivity index (χ1) is 12.5. The molecule has 148 valence electrons. The van der Waals surface area contributed by atoms with Crippen LogP contribution >= 0.6 is 15.9 Å². The number of nitrogens with one attached hydrogen (secondary N) is 2. The highest BCUT2D eigenvalue weighted by Crippen LogP contribution is 2.34. The average Bonchev–Trinajstić information content (AvgIpc) is 2.54. The van der Waals surface area contributed by atoms with Crippen molar-refractivity contribution < 1.29 is 26.5 Å². The maximum absolute atomic E-state index is 14.1. The summed E-state index contributed by atoms with van der Waals surface area (Å²) in [6, 6.07) is 5.06. The first kappa shape index (κ1) is 21.2. The highest BCUT2D eigenvalue weighted by Gasteiger charge is 2.31. The van der Waals surface area contributed by atoms with E-state index in [9.17, 15) is 26.6 Å². The van der Waals surface area contributed by atoms with Crippen LogP contribution < -0.4 is 20.3 Å². The van der Waals surface area contributed by atoms with Gasteiger partial charge in [0.05, 0.1) is 12.8 Å². The van der Waals surface area contributed by atoms with Crippen LogP contribution in [0.3, 0.4) is 0 Å². The van der Waals surface area contributed by atoms with E-state index in [0.717, 1.165) is 16.7 Å². The van der Waals surface area contributed by atoms with Gasteiger partial charge in [-0.25, -0.2) is 8.60 Å². The summed E-state index contributed by atoms with van der Waals surface area (Å²) >= 11 is 3.10. The number of pyridine rings is 1. The van der Waals surface area contributed by atoms with Crippen LogP contribution in [0.1, 0.15) is 0 Å². The number of alkyl halides is 3. The quantitative estimate of drug-likeness (QED) is 0.630. The van der Waals surface area contributed by atoms with E-state index in [1.807, 2.05) is 0 Å². The molecule has 27 heavy (non-hydrogen) atoms. The first-order valence-electron chi connectivity index (χ1n) is 7.23. The van der Waals surface area contributed by atoms with E-state index in [4.69, 9.17) is 4.74 Å². The molecule has 1 aromatic heterocycles. The molecule has 2 aromatic rings. The van der Waals surface area contributed by atoms with Crippen LogP contribution in [-0.2, 0) is 18.0 Å². The summed E-state index contributed by atoms with van der Waals surface area (Å²) in [4.78, 5) is 12.1. The van der Waals surface area contributed by atoms with Crippen molar-refractivity contribution in [2.75, 3.05) is 22.9 Å². The summed E-state index contributed by atoms with van der Waals surface area (Å²) in [7, 11) is -0.0469. The summed E-state index contributed by atoms with van der Waals surface area (Å²) < 4.78 is 72.1. The van der Waals surface area contributed by atoms with Crippen molar-refractivity contribution in [1.82, 2.24) is 4.57 Å². The van der Waals surface area contributed by atoms with Crippen LogP contribution in [0.25, 0.3) is 0 Å². The minimum absolute atomic E-state index is 0.0499. The maximum Gasteiger partial charge on any atom is 0.402 e. The molecule has 0 aliphatic carbocycles. The predicted molar refractivity (Wildman–Crippen MR) is 98.3 cm³/mol. The van der Waals surface area contributed by atoms with Crippen molar-refractivity contribution in [3.8, 4) is 5.75 Å². The largest absolute Gasteiger partial charge is 0.494 e. The van der Waals surface area contributed by atoms with Gasteiger partial charge in [-0.3, -0.25) is 14.1 Å². The van der Waals surface area contributed by atoms with Crippen LogP contribution in [0, 0.1) is 5.82 Å². The summed E-state index contributed by atoms with van der Waals surface area (Å²) in [5.74, 6) is -2.56. The number of nitrogens with zero attached hydrogens (tertiary/aromatic N) is 1. The minimum atomic E-state index is -4.67. The molecule has 0 saturated heterocycles. The van der Waals surface area contributed by atoms with Crippen LogP contribution in [0.5, 0.6) is 5.75 Å². The highest BCUT2D eigenvalue weighted by atomic mass is 79.9. The Morgan fingerprint density at radius 2 is 1.96 bits per heavy atom. The lowest BCUT2D eigenvalue weighted by atomic mass is 10.3. The summed E-state index contributed by atoms with van der Waals surface area (Å²) in [5.41, 5.74) is -0.797. The molecule has 2 rings (SSSR count). The molecular weight excluding hydrogens is 458 g/mol. The normalized spacial score (nSPS) is 12.6. The number of aromatic nitrogens is 1.